The van der Waals surface area contributed by atoms with Crippen molar-refractivity contribution in [1.29, 1.82) is 0 Å². The lowest BCUT2D eigenvalue weighted by molar-refractivity contribution is -0.152. The number of rotatable bonds is 40. The Morgan fingerprint density at radius 3 is 0.857 bits per heavy atom. The minimum absolute atomic E-state index is 0.142. The fraction of sp³-hybridized carbons (Fsp3) is 0.487. The first-order valence-corrected chi connectivity index (χ1v) is 32.6. The van der Waals surface area contributed by atoms with E-state index in [0.29, 0.717) is 58.7 Å². The second-order valence-corrected chi connectivity index (χ2v) is 23.6. The van der Waals surface area contributed by atoms with Gasteiger partial charge in [0.25, 0.3) is 0 Å². The van der Waals surface area contributed by atoms with Gasteiger partial charge in [0.15, 0.2) is 0 Å². The largest absolute Gasteiger partial charge is 0.497 e. The lowest BCUT2D eigenvalue weighted by Gasteiger charge is -2.22. The molecule has 0 bridgehead atoms. The number of ether oxygens (including phenoxy) is 9. The van der Waals surface area contributed by atoms with Gasteiger partial charge in [-0.3, -0.25) is 14.4 Å². The third-order valence-electron chi connectivity index (χ3n) is 14.8. The second-order valence-electron chi connectivity index (χ2n) is 23.6. The summed E-state index contributed by atoms with van der Waals surface area (Å²) in [6.45, 7) is 9.18. The smallest absolute Gasteiger partial charge is 0.306 e. The van der Waals surface area contributed by atoms with Gasteiger partial charge in [0.1, 0.15) is 72.6 Å². The standard InChI is InChI=1S/C26H37NO4.2C25H35NO4/c1-5-6-7-12-26(28)31-24(19-27(2)3)20-30-25-11-9-8-10-22(25)16-13-21-14-17-23(29-4)18-15-21;2*1-5-6-11-25(27)30-23(18-26(2)3)19-29-24-10-8-7-9-21(24)15-12-20-13-16-22(28-4)17-14-20/h8-11,14-15,17-18,24H,5-7,12-13,16,19-20H2,1-4H3;2*7-10,13-14,16-17,23H,5-6,11-12,15,18-19H2,1-4H3/t;2*23-/m.10/s1. The monoisotopic (exact) mass is 1250 g/mol. The summed E-state index contributed by atoms with van der Waals surface area (Å²) >= 11 is 0. The minimum Gasteiger partial charge on any atom is -0.497 e. The zero-order valence-corrected chi connectivity index (χ0v) is 56.9. The molecule has 15 nitrogen and oxygen atoms in total. The molecule has 91 heavy (non-hydrogen) atoms. The normalized spacial score (nSPS) is 11.9. The summed E-state index contributed by atoms with van der Waals surface area (Å²) < 4.78 is 51.0. The Hall–Kier alpha value is -7.59. The van der Waals surface area contributed by atoms with Crippen LogP contribution in [0.5, 0.6) is 34.5 Å². The number of likely N-dealkylation sites (N-methyl/N-ethyl adjacent to an activating group) is 3. The molecule has 0 fully saturated rings. The molecule has 6 aromatic rings. The van der Waals surface area contributed by atoms with Crippen molar-refractivity contribution in [3.63, 3.8) is 0 Å². The van der Waals surface area contributed by atoms with E-state index in [1.807, 2.05) is 148 Å². The molecule has 0 aliphatic rings. The molecule has 0 N–H and O–H groups in total. The first-order valence-electron chi connectivity index (χ1n) is 32.6. The SMILES string of the molecule is CCCCC(=O)O[C@@H](COc1ccccc1CCc1ccc(OC)cc1)CN(C)C.CCCCC(=O)O[C@H](COc1ccccc1CCc1ccc(OC)cc1)CN(C)C.CCCCCC(=O)OC(COc1ccccc1CCc1ccc(OC)cc1)CN(C)C. The molecule has 0 aliphatic carbocycles. The second kappa shape index (κ2) is 44.8. The molecule has 3 atom stereocenters. The highest BCUT2D eigenvalue weighted by Gasteiger charge is 2.21. The molecule has 0 heterocycles. The molecule has 1 unspecified atom stereocenters. The van der Waals surface area contributed by atoms with E-state index < -0.39 is 0 Å². The molecule has 6 rings (SSSR count). The highest BCUT2D eigenvalue weighted by molar-refractivity contribution is 5.70. The molecular weight excluding hydrogens is 1150 g/mol. The number of hydrogen-bond acceptors (Lipinski definition) is 15. The van der Waals surface area contributed by atoms with Crippen molar-refractivity contribution in [2.45, 2.75) is 142 Å². The van der Waals surface area contributed by atoms with Crippen molar-refractivity contribution >= 4 is 17.9 Å². The Kier molecular flexibility index (Phi) is 37.4. The van der Waals surface area contributed by atoms with Crippen molar-refractivity contribution in [2.24, 2.45) is 0 Å². The highest BCUT2D eigenvalue weighted by atomic mass is 16.6. The fourth-order valence-corrected chi connectivity index (χ4v) is 9.81. The van der Waals surface area contributed by atoms with Crippen molar-refractivity contribution in [2.75, 3.05) is 103 Å². The third-order valence-corrected chi connectivity index (χ3v) is 14.8. The maximum absolute atomic E-state index is 12.2. The van der Waals surface area contributed by atoms with Crippen LogP contribution in [-0.2, 0) is 67.1 Å². The Morgan fingerprint density at radius 1 is 0.341 bits per heavy atom. The van der Waals surface area contributed by atoms with Gasteiger partial charge in [-0.25, -0.2) is 0 Å². The van der Waals surface area contributed by atoms with Gasteiger partial charge in [0.2, 0.25) is 0 Å². The average Bonchev–Trinajstić information content (AvgIpc) is 3.74. The molecule has 0 saturated carbocycles. The number of carbonyl (C=O) groups excluding carboxylic acids is 3. The van der Waals surface area contributed by atoms with E-state index in [1.165, 1.54) is 16.7 Å². The van der Waals surface area contributed by atoms with E-state index >= 15 is 0 Å². The molecule has 498 valence electrons. The Balaban J connectivity index is 0.000000291. The topological polar surface area (TPSA) is 144 Å². The van der Waals surface area contributed by atoms with Crippen LogP contribution in [0.4, 0.5) is 0 Å². The molecular formula is C76H107N3O12. The Labute approximate surface area is 545 Å². The highest BCUT2D eigenvalue weighted by Crippen LogP contribution is 2.25. The van der Waals surface area contributed by atoms with E-state index in [0.717, 1.165) is 135 Å². The van der Waals surface area contributed by atoms with Gasteiger partial charge in [-0.15, -0.1) is 0 Å². The number of benzene rings is 6. The zero-order valence-electron chi connectivity index (χ0n) is 56.9. The average molecular weight is 1250 g/mol. The molecule has 6 aromatic carbocycles. The van der Waals surface area contributed by atoms with Gasteiger partial charge in [0.05, 0.1) is 21.3 Å². The van der Waals surface area contributed by atoms with E-state index in [9.17, 15) is 14.4 Å². The van der Waals surface area contributed by atoms with Crippen molar-refractivity contribution in [1.82, 2.24) is 14.7 Å². The minimum atomic E-state index is -0.293. The molecule has 0 spiro atoms. The summed E-state index contributed by atoms with van der Waals surface area (Å²) in [5.41, 5.74) is 7.20. The summed E-state index contributed by atoms with van der Waals surface area (Å²) in [7, 11) is 16.8. The number of nitrogens with zero attached hydrogens (tertiary/aromatic N) is 3. The summed E-state index contributed by atoms with van der Waals surface area (Å²) in [6.07, 6.45) is 12.5. The molecule has 0 amide bonds. The lowest BCUT2D eigenvalue weighted by Crippen LogP contribution is -2.35. The molecule has 15 heteroatoms. The Bertz CT molecular complexity index is 2780. The van der Waals surface area contributed by atoms with Gasteiger partial charge in [-0.2, -0.15) is 0 Å². The van der Waals surface area contributed by atoms with Crippen LogP contribution in [0, 0.1) is 0 Å². The van der Waals surface area contributed by atoms with Gasteiger partial charge in [0, 0.05) is 38.9 Å². The van der Waals surface area contributed by atoms with Crippen LogP contribution in [0.25, 0.3) is 0 Å². The predicted octanol–water partition coefficient (Wildman–Crippen LogP) is 14.0. The van der Waals surface area contributed by atoms with E-state index in [2.05, 4.69) is 75.4 Å². The molecule has 0 saturated heterocycles. The van der Waals surface area contributed by atoms with Gasteiger partial charge >= 0.3 is 17.9 Å². The van der Waals surface area contributed by atoms with Crippen LogP contribution < -0.4 is 28.4 Å². The summed E-state index contributed by atoms with van der Waals surface area (Å²) in [5, 5.41) is 0. The predicted molar refractivity (Wildman–Crippen MR) is 366 cm³/mol. The van der Waals surface area contributed by atoms with E-state index in [1.54, 1.807) is 21.3 Å². The van der Waals surface area contributed by atoms with Gasteiger partial charge in [-0.05, 0) is 188 Å². The summed E-state index contributed by atoms with van der Waals surface area (Å²) in [4.78, 5) is 42.4. The van der Waals surface area contributed by atoms with Crippen LogP contribution in [0.15, 0.2) is 146 Å². The molecule has 0 aromatic heterocycles. The lowest BCUT2D eigenvalue weighted by atomic mass is 10.0. The van der Waals surface area contributed by atoms with E-state index in [4.69, 9.17) is 42.6 Å². The quantitative estimate of drug-likeness (QED) is 0.0204. The van der Waals surface area contributed by atoms with Crippen molar-refractivity contribution in [3.8, 4) is 34.5 Å². The van der Waals surface area contributed by atoms with Crippen molar-refractivity contribution in [3.05, 3.63) is 179 Å². The summed E-state index contributed by atoms with van der Waals surface area (Å²) in [6, 6.07) is 48.7. The molecule has 0 aliphatic heterocycles. The van der Waals surface area contributed by atoms with Crippen molar-refractivity contribution < 1.29 is 57.0 Å². The van der Waals surface area contributed by atoms with Crippen LogP contribution in [0.2, 0.25) is 0 Å². The first kappa shape index (κ1) is 75.9. The fourth-order valence-electron chi connectivity index (χ4n) is 9.81. The maximum atomic E-state index is 12.2. The van der Waals surface area contributed by atoms with Gasteiger partial charge in [-0.1, -0.05) is 137 Å². The van der Waals surface area contributed by atoms with E-state index in [-0.39, 0.29) is 36.2 Å². The van der Waals surface area contributed by atoms with Crippen LogP contribution in [0.3, 0.4) is 0 Å². The number of esters is 3. The van der Waals surface area contributed by atoms with Crippen LogP contribution in [0.1, 0.15) is 118 Å². The maximum Gasteiger partial charge on any atom is 0.306 e. The van der Waals surface area contributed by atoms with Crippen LogP contribution in [-0.4, -0.2) is 154 Å². The third kappa shape index (κ3) is 32.3. The number of methoxy groups -OCH3 is 3. The summed E-state index contributed by atoms with van der Waals surface area (Å²) in [5.74, 6) is 4.69. The Morgan fingerprint density at radius 2 is 0.604 bits per heavy atom. The first-order chi connectivity index (χ1) is 44.0. The number of aryl methyl sites for hydroxylation is 6. The molecule has 0 radical (unpaired) electrons. The number of hydrogen-bond donors (Lipinski definition) is 0. The number of carbonyl (C=O) groups is 3. The zero-order chi connectivity index (χ0) is 66.0. The van der Waals surface area contributed by atoms with Gasteiger partial charge < -0.3 is 57.3 Å². The number of para-hydroxylation sites is 3. The number of unbranched alkanes of at least 4 members (excludes halogenated alkanes) is 4. The van der Waals surface area contributed by atoms with Crippen LogP contribution >= 0.6 is 0 Å².